The fraction of sp³-hybridized carbons (Fsp3) is 0.161. The van der Waals surface area contributed by atoms with Crippen LogP contribution in [0.1, 0.15) is 17.5 Å². The van der Waals surface area contributed by atoms with Gasteiger partial charge in [-0.05, 0) is 86.6 Å². The van der Waals surface area contributed by atoms with Crippen molar-refractivity contribution in [1.29, 1.82) is 0 Å². The van der Waals surface area contributed by atoms with Crippen molar-refractivity contribution in [2.45, 2.75) is 30.1 Å². The number of sulfonamides is 2. The second-order valence-electron chi connectivity index (χ2n) is 9.84. The molecule has 0 saturated carbocycles. The molecule has 0 atom stereocenters. The Hall–Kier alpha value is -5.08. The molecule has 0 bridgehead atoms. The zero-order valence-corrected chi connectivity index (χ0v) is 26.1. The maximum Gasteiger partial charge on any atom is 0.333 e. The molecule has 45 heavy (non-hydrogen) atoms. The molecule has 0 radical (unpaired) electrons. The van der Waals surface area contributed by atoms with Crippen molar-refractivity contribution in [1.82, 2.24) is 9.44 Å². The lowest BCUT2D eigenvalue weighted by Gasteiger charge is -2.11. The van der Waals surface area contributed by atoms with E-state index in [2.05, 4.69) is 10.6 Å². The summed E-state index contributed by atoms with van der Waals surface area (Å²) in [5, 5.41) is 4.95. The third kappa shape index (κ3) is 9.98. The lowest BCUT2D eigenvalue weighted by Crippen LogP contribution is -2.34. The number of benzene rings is 4. The molecule has 0 spiro atoms. The van der Waals surface area contributed by atoms with Gasteiger partial charge in [0.25, 0.3) is 20.0 Å². The molecule has 0 aromatic heterocycles. The summed E-state index contributed by atoms with van der Waals surface area (Å²) in [5.41, 5.74) is 2.55. The Labute approximate surface area is 261 Å². The highest BCUT2D eigenvalue weighted by atomic mass is 32.2. The number of rotatable bonds is 12. The number of ether oxygens (including phenoxy) is 2. The van der Waals surface area contributed by atoms with E-state index in [1.807, 2.05) is 23.3 Å². The highest BCUT2D eigenvalue weighted by molar-refractivity contribution is 7.90. The number of hydrogen-bond donors (Lipinski definition) is 4. The summed E-state index contributed by atoms with van der Waals surface area (Å²) in [4.78, 5) is 24.4. The third-order valence-corrected chi connectivity index (χ3v) is 8.86. The highest BCUT2D eigenvalue weighted by Crippen LogP contribution is 2.18. The maximum absolute atomic E-state index is 12.4. The molecular weight excluding hydrogens is 620 g/mol. The van der Waals surface area contributed by atoms with E-state index in [0.717, 1.165) is 11.1 Å². The second-order valence-corrected chi connectivity index (χ2v) is 13.2. The number of hydrogen-bond acceptors (Lipinski definition) is 8. The van der Waals surface area contributed by atoms with Crippen molar-refractivity contribution in [2.24, 2.45) is 0 Å². The third-order valence-electron chi connectivity index (χ3n) is 6.17. The van der Waals surface area contributed by atoms with Gasteiger partial charge in [0.1, 0.15) is 11.5 Å². The van der Waals surface area contributed by atoms with E-state index < -0.39 is 32.1 Å². The van der Waals surface area contributed by atoms with E-state index in [1.165, 1.54) is 24.3 Å². The molecule has 0 fully saturated rings. The van der Waals surface area contributed by atoms with Crippen LogP contribution in [-0.2, 0) is 20.0 Å². The number of aryl methyl sites for hydroxylation is 2. The number of urea groups is 2. The van der Waals surface area contributed by atoms with Crippen molar-refractivity contribution in [3.05, 3.63) is 108 Å². The van der Waals surface area contributed by atoms with Gasteiger partial charge >= 0.3 is 12.1 Å². The van der Waals surface area contributed by atoms with Crippen LogP contribution in [-0.4, -0.2) is 42.1 Å². The molecule has 4 rings (SSSR count). The van der Waals surface area contributed by atoms with Gasteiger partial charge in [-0.15, -0.1) is 0 Å². The van der Waals surface area contributed by atoms with Crippen molar-refractivity contribution >= 4 is 43.5 Å². The molecule has 0 saturated heterocycles. The predicted octanol–water partition coefficient (Wildman–Crippen LogP) is 5.17. The topological polar surface area (TPSA) is 169 Å². The van der Waals surface area contributed by atoms with Crippen LogP contribution in [0.25, 0.3) is 0 Å². The van der Waals surface area contributed by atoms with Crippen LogP contribution >= 0.6 is 0 Å². The minimum atomic E-state index is -4.00. The Balaban J connectivity index is 1.14. The van der Waals surface area contributed by atoms with Crippen LogP contribution in [0.3, 0.4) is 0 Å². The lowest BCUT2D eigenvalue weighted by atomic mass is 10.2. The van der Waals surface area contributed by atoms with Gasteiger partial charge in [-0.3, -0.25) is 0 Å². The van der Waals surface area contributed by atoms with Gasteiger partial charge in [-0.1, -0.05) is 35.4 Å². The first-order valence-corrected chi connectivity index (χ1v) is 16.6. The molecule has 0 aliphatic heterocycles. The summed E-state index contributed by atoms with van der Waals surface area (Å²) in [5.74, 6) is 1.10. The number of amides is 4. The zero-order valence-electron chi connectivity index (χ0n) is 24.4. The monoisotopic (exact) mass is 652 g/mol. The molecule has 0 unspecified atom stereocenters. The van der Waals surface area contributed by atoms with E-state index in [-0.39, 0.29) is 9.79 Å². The molecule has 0 aliphatic rings. The lowest BCUT2D eigenvalue weighted by molar-refractivity contribution is 0.247. The van der Waals surface area contributed by atoms with Crippen LogP contribution in [0.15, 0.2) is 107 Å². The van der Waals surface area contributed by atoms with Crippen molar-refractivity contribution in [2.75, 3.05) is 23.8 Å². The Bertz CT molecular complexity index is 1690. The Kier molecular flexibility index (Phi) is 10.6. The van der Waals surface area contributed by atoms with Crippen molar-refractivity contribution in [3.8, 4) is 11.5 Å². The van der Waals surface area contributed by atoms with Crippen molar-refractivity contribution < 1.29 is 35.9 Å². The fourth-order valence-electron chi connectivity index (χ4n) is 3.82. The Morgan fingerprint density at radius 2 is 0.867 bits per heavy atom. The first kappa shape index (κ1) is 32.8. The average molecular weight is 653 g/mol. The molecule has 14 heteroatoms. The van der Waals surface area contributed by atoms with Gasteiger partial charge in [0.05, 0.1) is 23.0 Å². The van der Waals surface area contributed by atoms with E-state index >= 15 is 0 Å². The Morgan fingerprint density at radius 3 is 1.20 bits per heavy atom. The second kappa shape index (κ2) is 14.6. The largest absolute Gasteiger partial charge is 0.493 e. The number of carbonyl (C=O) groups excluding carboxylic acids is 2. The molecule has 0 aliphatic carbocycles. The number of nitrogens with one attached hydrogen (secondary N) is 4. The molecule has 4 N–H and O–H groups in total. The molecule has 12 nitrogen and oxygen atoms in total. The summed E-state index contributed by atoms with van der Waals surface area (Å²) < 4.78 is 64.8. The summed E-state index contributed by atoms with van der Waals surface area (Å²) in [6.07, 6.45) is 0.554. The SMILES string of the molecule is Cc1ccc(S(=O)(=O)NC(=O)Nc2ccc(OCCCOc3ccc(NC(=O)NS(=O)(=O)c4ccc(C)cc4)cc3)cc2)cc1. The van der Waals surface area contributed by atoms with Crippen LogP contribution < -0.4 is 29.6 Å². The number of carbonyl (C=O) groups is 2. The quantitative estimate of drug-likeness (QED) is 0.152. The molecular formula is C31H32N4O8S2. The van der Waals surface area contributed by atoms with Crippen LogP contribution in [0.4, 0.5) is 21.0 Å². The van der Waals surface area contributed by atoms with E-state index in [1.54, 1.807) is 72.8 Å². The van der Waals surface area contributed by atoms with Gasteiger partial charge in [-0.2, -0.15) is 0 Å². The molecule has 4 aromatic rings. The van der Waals surface area contributed by atoms with E-state index in [0.29, 0.717) is 42.5 Å². The first-order chi connectivity index (χ1) is 21.4. The first-order valence-electron chi connectivity index (χ1n) is 13.7. The van der Waals surface area contributed by atoms with Gasteiger partial charge < -0.3 is 20.1 Å². The van der Waals surface area contributed by atoms with Crippen LogP contribution in [0.5, 0.6) is 11.5 Å². The molecule has 4 aromatic carbocycles. The summed E-state index contributed by atoms with van der Waals surface area (Å²) in [6, 6.07) is 23.4. The zero-order chi connectivity index (χ0) is 32.5. The maximum atomic E-state index is 12.4. The summed E-state index contributed by atoms with van der Waals surface area (Å²) in [6.45, 7) is 4.35. The standard InChI is InChI=1S/C31H32N4O8S2/c1-22-4-16-28(17-5-22)44(38,39)34-30(36)32-24-8-12-26(13-9-24)42-20-3-21-43-27-14-10-25(11-15-27)33-31(37)35-45(40,41)29-18-6-23(2)7-19-29/h4-19H,3,20-21H2,1-2H3,(H2,32,34,36)(H2,33,35,37). The summed E-state index contributed by atoms with van der Waals surface area (Å²) >= 11 is 0. The van der Waals surface area contributed by atoms with Crippen molar-refractivity contribution in [3.63, 3.8) is 0 Å². The molecule has 236 valence electrons. The van der Waals surface area contributed by atoms with Gasteiger partial charge in [0, 0.05) is 17.8 Å². The fourth-order valence-corrected chi connectivity index (χ4v) is 5.63. The summed E-state index contributed by atoms with van der Waals surface area (Å²) in [7, 11) is -8.01. The van der Waals surface area contributed by atoms with Gasteiger partial charge in [-0.25, -0.2) is 35.9 Å². The average Bonchev–Trinajstić information content (AvgIpc) is 2.98. The minimum Gasteiger partial charge on any atom is -0.493 e. The van der Waals surface area contributed by atoms with Gasteiger partial charge in [0.15, 0.2) is 0 Å². The molecule has 4 amide bonds. The van der Waals surface area contributed by atoms with Crippen LogP contribution in [0, 0.1) is 13.8 Å². The highest BCUT2D eigenvalue weighted by Gasteiger charge is 2.18. The van der Waals surface area contributed by atoms with E-state index in [9.17, 15) is 26.4 Å². The minimum absolute atomic E-state index is 0.0150. The number of anilines is 2. The predicted molar refractivity (Wildman–Crippen MR) is 170 cm³/mol. The smallest absolute Gasteiger partial charge is 0.333 e. The Morgan fingerprint density at radius 1 is 0.533 bits per heavy atom. The van der Waals surface area contributed by atoms with Crippen LogP contribution in [0.2, 0.25) is 0 Å². The normalized spacial score (nSPS) is 11.2. The van der Waals surface area contributed by atoms with E-state index in [4.69, 9.17) is 9.47 Å². The molecule has 0 heterocycles. The van der Waals surface area contributed by atoms with Gasteiger partial charge in [0.2, 0.25) is 0 Å².